The highest BCUT2D eigenvalue weighted by molar-refractivity contribution is 5.76. The lowest BCUT2D eigenvalue weighted by atomic mass is 10.1. The number of fused-ring (bicyclic) bond motifs is 1. The van der Waals surface area contributed by atoms with E-state index in [0.29, 0.717) is 39.0 Å². The maximum absolute atomic E-state index is 12.8. The van der Waals surface area contributed by atoms with Gasteiger partial charge in [0.2, 0.25) is 5.91 Å². The van der Waals surface area contributed by atoms with Crippen LogP contribution in [0.25, 0.3) is 0 Å². The van der Waals surface area contributed by atoms with Crippen LogP contribution in [0.1, 0.15) is 35.4 Å². The summed E-state index contributed by atoms with van der Waals surface area (Å²) in [6.07, 6.45) is 1.63. The van der Waals surface area contributed by atoms with Crippen LogP contribution in [-0.4, -0.2) is 64.9 Å². The van der Waals surface area contributed by atoms with E-state index in [0.717, 1.165) is 61.2 Å². The molecule has 3 heterocycles. The largest absolute Gasteiger partial charge is 0.486 e. The van der Waals surface area contributed by atoms with E-state index >= 15 is 0 Å². The summed E-state index contributed by atoms with van der Waals surface area (Å²) in [5, 5.41) is 13.3. The third kappa shape index (κ3) is 5.05. The highest BCUT2D eigenvalue weighted by atomic mass is 16.6. The zero-order chi connectivity index (χ0) is 22.5. The number of carbonyl (C=O) groups excluding carboxylic acids is 1. The number of nitriles is 1. The molecule has 2 aliphatic heterocycles. The van der Waals surface area contributed by atoms with Crippen molar-refractivity contribution in [1.82, 2.24) is 19.6 Å². The molecule has 170 valence electrons. The Labute approximate surface area is 189 Å². The van der Waals surface area contributed by atoms with Crippen LogP contribution in [-0.2, 0) is 24.3 Å². The Bertz CT molecular complexity index is 1000. The monoisotopic (exact) mass is 437 g/mol. The fourth-order valence-electron chi connectivity index (χ4n) is 4.46. The van der Waals surface area contributed by atoms with Crippen LogP contribution in [0.4, 0.5) is 0 Å². The summed E-state index contributed by atoms with van der Waals surface area (Å²) in [6.45, 7) is 9.88. The van der Waals surface area contributed by atoms with Crippen molar-refractivity contribution in [2.24, 2.45) is 0 Å². The minimum atomic E-state index is 0.201. The molecule has 0 unspecified atom stereocenters. The van der Waals surface area contributed by atoms with Gasteiger partial charge in [0.1, 0.15) is 13.2 Å². The Kier molecular flexibility index (Phi) is 6.96. The highest BCUT2D eigenvalue weighted by Gasteiger charge is 2.22. The molecule has 1 aromatic carbocycles. The van der Waals surface area contributed by atoms with Gasteiger partial charge >= 0.3 is 0 Å². The average Bonchev–Trinajstić information content (AvgIpc) is 3.08. The fraction of sp³-hybridized carbons (Fsp3) is 0.542. The first-order valence-corrected chi connectivity index (χ1v) is 11.3. The lowest BCUT2D eigenvalue weighted by Gasteiger charge is -2.35. The summed E-state index contributed by atoms with van der Waals surface area (Å²) < 4.78 is 13.2. The van der Waals surface area contributed by atoms with Gasteiger partial charge in [-0.1, -0.05) is 6.07 Å². The van der Waals surface area contributed by atoms with Gasteiger partial charge in [-0.3, -0.25) is 14.4 Å². The maximum Gasteiger partial charge on any atom is 0.222 e. The smallest absolute Gasteiger partial charge is 0.222 e. The lowest BCUT2D eigenvalue weighted by molar-refractivity contribution is -0.133. The molecule has 2 aromatic rings. The molecule has 4 rings (SSSR count). The van der Waals surface area contributed by atoms with Crippen LogP contribution in [0, 0.1) is 25.2 Å². The molecule has 0 spiro atoms. The Hall–Kier alpha value is -3.05. The van der Waals surface area contributed by atoms with Crippen LogP contribution < -0.4 is 9.47 Å². The van der Waals surface area contributed by atoms with Gasteiger partial charge in [-0.25, -0.2) is 0 Å². The minimum absolute atomic E-state index is 0.201. The van der Waals surface area contributed by atoms with E-state index in [4.69, 9.17) is 14.7 Å². The minimum Gasteiger partial charge on any atom is -0.486 e. The van der Waals surface area contributed by atoms with Gasteiger partial charge < -0.3 is 14.4 Å². The summed E-state index contributed by atoms with van der Waals surface area (Å²) in [6, 6.07) is 8.30. The lowest BCUT2D eigenvalue weighted by Crippen LogP contribution is -2.48. The number of aryl methyl sites for hydroxylation is 2. The van der Waals surface area contributed by atoms with Crippen LogP contribution in [0.3, 0.4) is 0 Å². The molecule has 0 bridgehead atoms. The molecule has 2 aliphatic rings. The molecule has 0 aliphatic carbocycles. The Morgan fingerprint density at radius 1 is 1.12 bits per heavy atom. The van der Waals surface area contributed by atoms with E-state index in [1.807, 2.05) is 29.5 Å². The first-order valence-electron chi connectivity index (χ1n) is 11.3. The van der Waals surface area contributed by atoms with E-state index in [-0.39, 0.29) is 5.91 Å². The second-order valence-corrected chi connectivity index (χ2v) is 8.42. The average molecular weight is 438 g/mol. The van der Waals surface area contributed by atoms with Crippen molar-refractivity contribution < 1.29 is 14.3 Å². The van der Waals surface area contributed by atoms with Gasteiger partial charge in [-0.15, -0.1) is 0 Å². The second kappa shape index (κ2) is 10.0. The number of hydrogen-bond acceptors (Lipinski definition) is 6. The Morgan fingerprint density at radius 2 is 1.88 bits per heavy atom. The van der Waals surface area contributed by atoms with E-state index < -0.39 is 0 Å². The molecule has 1 fully saturated rings. The number of aromatic nitrogens is 2. The van der Waals surface area contributed by atoms with Gasteiger partial charge in [0.25, 0.3) is 0 Å². The zero-order valence-corrected chi connectivity index (χ0v) is 19.0. The molecule has 0 saturated carbocycles. The van der Waals surface area contributed by atoms with E-state index in [2.05, 4.69) is 28.2 Å². The third-order valence-electron chi connectivity index (χ3n) is 6.29. The number of ether oxygens (including phenoxy) is 2. The third-order valence-corrected chi connectivity index (χ3v) is 6.29. The van der Waals surface area contributed by atoms with Crippen LogP contribution >= 0.6 is 0 Å². The van der Waals surface area contributed by atoms with Crippen LogP contribution in [0.15, 0.2) is 18.2 Å². The molecule has 1 aromatic heterocycles. The molecule has 0 atom stereocenters. The molecule has 8 nitrogen and oxygen atoms in total. The summed E-state index contributed by atoms with van der Waals surface area (Å²) in [5.74, 6) is 1.84. The van der Waals surface area contributed by atoms with E-state index in [1.54, 1.807) is 0 Å². The zero-order valence-electron chi connectivity index (χ0n) is 19.0. The summed E-state index contributed by atoms with van der Waals surface area (Å²) in [5.41, 5.74) is 4.36. The number of carbonyl (C=O) groups is 1. The van der Waals surface area contributed by atoms with Crippen molar-refractivity contribution in [3.05, 3.63) is 40.7 Å². The predicted octanol–water partition coefficient (Wildman–Crippen LogP) is 2.46. The molecule has 1 saturated heterocycles. The quantitative estimate of drug-likeness (QED) is 0.662. The molecular weight excluding hydrogens is 406 g/mol. The van der Waals surface area contributed by atoms with Crippen molar-refractivity contribution in [1.29, 1.82) is 5.26 Å². The topological polar surface area (TPSA) is 83.6 Å². The van der Waals surface area contributed by atoms with E-state index in [9.17, 15) is 4.79 Å². The predicted molar refractivity (Wildman–Crippen MR) is 120 cm³/mol. The number of hydrogen-bond donors (Lipinski definition) is 0. The highest BCUT2D eigenvalue weighted by Crippen LogP contribution is 2.31. The number of benzene rings is 1. The standard InChI is InChI=1S/C24H31N5O3/c1-18-21(19(2)29(26-18)9-3-8-25)5-7-24(30)28-12-10-27(11-13-28)17-20-4-6-22-23(16-20)32-15-14-31-22/h4,6,16H,3,5,7,9-15,17H2,1-2H3. The molecular formula is C24H31N5O3. The summed E-state index contributed by atoms with van der Waals surface area (Å²) in [7, 11) is 0. The fourth-order valence-corrected chi connectivity index (χ4v) is 4.46. The van der Waals surface area contributed by atoms with Gasteiger partial charge in [0.15, 0.2) is 11.5 Å². The molecule has 1 amide bonds. The van der Waals surface area contributed by atoms with Gasteiger partial charge in [0.05, 0.1) is 24.7 Å². The number of nitrogens with zero attached hydrogens (tertiary/aromatic N) is 5. The summed E-state index contributed by atoms with van der Waals surface area (Å²) in [4.78, 5) is 17.2. The van der Waals surface area contributed by atoms with Crippen molar-refractivity contribution >= 4 is 5.91 Å². The van der Waals surface area contributed by atoms with E-state index in [1.165, 1.54) is 5.56 Å². The molecule has 8 heteroatoms. The normalized spacial score (nSPS) is 16.1. The van der Waals surface area contributed by atoms with Crippen molar-refractivity contribution in [3.8, 4) is 17.6 Å². The Morgan fingerprint density at radius 3 is 2.62 bits per heavy atom. The molecule has 0 radical (unpaired) electrons. The molecule has 32 heavy (non-hydrogen) atoms. The maximum atomic E-state index is 12.8. The first-order chi connectivity index (χ1) is 15.5. The van der Waals surface area contributed by atoms with Crippen molar-refractivity contribution in [2.45, 2.75) is 46.2 Å². The van der Waals surface area contributed by atoms with Crippen molar-refractivity contribution in [2.75, 3.05) is 39.4 Å². The van der Waals surface area contributed by atoms with Gasteiger partial charge in [-0.2, -0.15) is 10.4 Å². The number of rotatable bonds is 7. The Balaban J connectivity index is 1.25. The second-order valence-electron chi connectivity index (χ2n) is 8.42. The van der Waals surface area contributed by atoms with Crippen LogP contribution in [0.2, 0.25) is 0 Å². The van der Waals surface area contributed by atoms with Gasteiger partial charge in [-0.05, 0) is 43.5 Å². The summed E-state index contributed by atoms with van der Waals surface area (Å²) >= 11 is 0. The van der Waals surface area contributed by atoms with Gasteiger partial charge in [0, 0.05) is 44.8 Å². The van der Waals surface area contributed by atoms with Crippen molar-refractivity contribution in [3.63, 3.8) is 0 Å². The van der Waals surface area contributed by atoms with Crippen LogP contribution in [0.5, 0.6) is 11.5 Å². The molecule has 0 N–H and O–H groups in total. The first kappa shape index (κ1) is 22.2. The number of piperazine rings is 1. The number of amides is 1. The SMILES string of the molecule is Cc1nn(CCC#N)c(C)c1CCC(=O)N1CCN(Cc2ccc3c(c2)OCCO3)CC1.